The van der Waals surface area contributed by atoms with E-state index in [2.05, 4.69) is 20.8 Å². The van der Waals surface area contributed by atoms with Gasteiger partial charge in [-0.3, -0.25) is 4.79 Å². The fraction of sp³-hybridized carbons (Fsp3) is 0.941. The van der Waals surface area contributed by atoms with Crippen LogP contribution in [-0.2, 0) is 9.53 Å². The van der Waals surface area contributed by atoms with E-state index in [0.29, 0.717) is 17.9 Å². The lowest BCUT2D eigenvalue weighted by molar-refractivity contribution is -0.142. The van der Waals surface area contributed by atoms with Crippen LogP contribution >= 0.6 is 0 Å². The summed E-state index contributed by atoms with van der Waals surface area (Å²) < 4.78 is 5.19. The van der Waals surface area contributed by atoms with Crippen LogP contribution in [0, 0.1) is 29.1 Å². The quantitative estimate of drug-likeness (QED) is 0.665. The van der Waals surface area contributed by atoms with E-state index in [-0.39, 0.29) is 5.97 Å². The second-order valence-corrected chi connectivity index (χ2v) is 7.35. The van der Waals surface area contributed by atoms with Crippen molar-refractivity contribution < 1.29 is 9.53 Å². The molecule has 2 saturated carbocycles. The van der Waals surface area contributed by atoms with Crippen LogP contribution in [0.3, 0.4) is 0 Å². The zero-order chi connectivity index (χ0) is 14.0. The summed E-state index contributed by atoms with van der Waals surface area (Å²) in [5.74, 6) is 3.26. The number of hydrogen-bond donors (Lipinski definition) is 0. The van der Waals surface area contributed by atoms with Gasteiger partial charge in [0.2, 0.25) is 0 Å². The van der Waals surface area contributed by atoms with Crippen LogP contribution in [0.1, 0.15) is 66.2 Å². The van der Waals surface area contributed by atoms with Gasteiger partial charge in [-0.25, -0.2) is 0 Å². The predicted octanol–water partition coefficient (Wildman–Crippen LogP) is 4.43. The van der Waals surface area contributed by atoms with Crippen molar-refractivity contribution >= 4 is 5.97 Å². The third kappa shape index (κ3) is 3.14. The number of fused-ring (bicyclic) bond motifs is 2. The number of carbonyl (C=O) groups excluding carboxylic acids is 1. The Morgan fingerprint density at radius 3 is 2.63 bits per heavy atom. The Morgan fingerprint density at radius 2 is 2.11 bits per heavy atom. The minimum Gasteiger partial charge on any atom is -0.466 e. The smallest absolute Gasteiger partial charge is 0.302 e. The third-order valence-electron chi connectivity index (χ3n) is 6.04. The van der Waals surface area contributed by atoms with Gasteiger partial charge >= 0.3 is 5.97 Å². The van der Waals surface area contributed by atoms with E-state index in [1.54, 1.807) is 0 Å². The molecule has 0 radical (unpaired) electrons. The average Bonchev–Trinajstić information content (AvgIpc) is 2.89. The van der Waals surface area contributed by atoms with Gasteiger partial charge in [0.15, 0.2) is 0 Å². The molecular weight excluding hydrogens is 236 g/mol. The zero-order valence-electron chi connectivity index (χ0n) is 13.1. The first-order valence-corrected chi connectivity index (χ1v) is 8.08. The van der Waals surface area contributed by atoms with E-state index in [1.165, 1.54) is 39.0 Å². The molecule has 0 spiro atoms. The normalized spacial score (nSPS) is 33.4. The lowest BCUT2D eigenvalue weighted by atomic mass is 9.66. The predicted molar refractivity (Wildman–Crippen MR) is 77.8 cm³/mol. The zero-order valence-corrected chi connectivity index (χ0v) is 13.1. The van der Waals surface area contributed by atoms with Crippen LogP contribution in [0.15, 0.2) is 0 Å². The summed E-state index contributed by atoms with van der Waals surface area (Å²) in [4.78, 5) is 10.9. The molecule has 0 aliphatic heterocycles. The number of esters is 1. The molecule has 2 bridgehead atoms. The van der Waals surface area contributed by atoms with Crippen molar-refractivity contribution in [2.45, 2.75) is 66.2 Å². The van der Waals surface area contributed by atoms with Crippen molar-refractivity contribution in [3.05, 3.63) is 0 Å². The van der Waals surface area contributed by atoms with Crippen LogP contribution in [-0.4, -0.2) is 12.6 Å². The summed E-state index contributed by atoms with van der Waals surface area (Å²) in [6, 6.07) is 0. The SMILES string of the molecule is CCC(CCC1C2CCC(C2)C1(C)C)COC(C)=O. The van der Waals surface area contributed by atoms with Crippen LogP contribution in [0.25, 0.3) is 0 Å². The minimum absolute atomic E-state index is 0.140. The van der Waals surface area contributed by atoms with Gasteiger partial charge in [-0.1, -0.05) is 27.2 Å². The van der Waals surface area contributed by atoms with Gasteiger partial charge < -0.3 is 4.74 Å². The average molecular weight is 266 g/mol. The number of hydrogen-bond acceptors (Lipinski definition) is 2. The summed E-state index contributed by atoms with van der Waals surface area (Å²) in [5.41, 5.74) is 0.544. The molecule has 2 rings (SSSR count). The summed E-state index contributed by atoms with van der Waals surface area (Å²) in [6.45, 7) is 9.29. The molecule has 0 aromatic rings. The Hall–Kier alpha value is -0.530. The lowest BCUT2D eigenvalue weighted by Crippen LogP contribution is -2.31. The van der Waals surface area contributed by atoms with Gasteiger partial charge in [0.1, 0.15) is 0 Å². The molecule has 2 aliphatic rings. The molecule has 19 heavy (non-hydrogen) atoms. The molecule has 0 heterocycles. The molecular formula is C17H30O2. The van der Waals surface area contributed by atoms with Crippen molar-refractivity contribution in [2.75, 3.05) is 6.61 Å². The Morgan fingerprint density at radius 1 is 1.37 bits per heavy atom. The first kappa shape index (κ1) is 14.9. The van der Waals surface area contributed by atoms with Crippen LogP contribution in [0.4, 0.5) is 0 Å². The van der Waals surface area contributed by atoms with Gasteiger partial charge in [0.25, 0.3) is 0 Å². The van der Waals surface area contributed by atoms with Crippen LogP contribution in [0.2, 0.25) is 0 Å². The maximum atomic E-state index is 10.9. The molecule has 0 amide bonds. The number of ether oxygens (including phenoxy) is 1. The molecule has 4 unspecified atom stereocenters. The highest BCUT2D eigenvalue weighted by Gasteiger charge is 2.51. The number of carbonyl (C=O) groups is 1. The van der Waals surface area contributed by atoms with E-state index >= 15 is 0 Å². The number of rotatable bonds is 6. The molecule has 0 N–H and O–H groups in total. The lowest BCUT2D eigenvalue weighted by Gasteiger charge is -2.39. The monoisotopic (exact) mass is 266 g/mol. The fourth-order valence-corrected chi connectivity index (χ4v) is 4.63. The van der Waals surface area contributed by atoms with Gasteiger partial charge in [-0.2, -0.15) is 0 Å². The first-order valence-electron chi connectivity index (χ1n) is 8.08. The van der Waals surface area contributed by atoms with Crippen molar-refractivity contribution in [3.8, 4) is 0 Å². The topological polar surface area (TPSA) is 26.3 Å². The molecule has 0 saturated heterocycles. The summed E-state index contributed by atoms with van der Waals surface area (Å²) in [7, 11) is 0. The molecule has 0 aromatic carbocycles. The summed E-state index contributed by atoms with van der Waals surface area (Å²) >= 11 is 0. The van der Waals surface area contributed by atoms with Crippen LogP contribution in [0.5, 0.6) is 0 Å². The largest absolute Gasteiger partial charge is 0.466 e. The van der Waals surface area contributed by atoms with Gasteiger partial charge in [-0.05, 0) is 61.2 Å². The summed E-state index contributed by atoms with van der Waals surface area (Å²) in [6.07, 6.45) is 8.06. The molecule has 4 atom stereocenters. The van der Waals surface area contributed by atoms with Crippen molar-refractivity contribution in [1.29, 1.82) is 0 Å². The minimum atomic E-state index is -0.140. The van der Waals surface area contributed by atoms with Crippen molar-refractivity contribution in [3.63, 3.8) is 0 Å². The Kier molecular flexibility index (Phi) is 4.58. The molecule has 110 valence electrons. The standard InChI is InChI=1S/C17H30O2/c1-5-13(11-19-12(2)18)6-9-16-14-7-8-15(10-14)17(16,3)4/h13-16H,5-11H2,1-4H3. The first-order chi connectivity index (χ1) is 8.95. The fourth-order valence-electron chi connectivity index (χ4n) is 4.63. The Balaban J connectivity index is 1.82. The van der Waals surface area contributed by atoms with E-state index in [0.717, 1.165) is 24.2 Å². The molecule has 2 nitrogen and oxygen atoms in total. The van der Waals surface area contributed by atoms with E-state index in [4.69, 9.17) is 4.74 Å². The second kappa shape index (κ2) is 5.85. The molecule has 2 aliphatic carbocycles. The maximum absolute atomic E-state index is 10.9. The van der Waals surface area contributed by atoms with E-state index < -0.39 is 0 Å². The maximum Gasteiger partial charge on any atom is 0.302 e. The highest BCUT2D eigenvalue weighted by molar-refractivity contribution is 5.65. The van der Waals surface area contributed by atoms with Gasteiger partial charge in [0, 0.05) is 6.92 Å². The molecule has 0 aromatic heterocycles. The van der Waals surface area contributed by atoms with Crippen molar-refractivity contribution in [2.24, 2.45) is 29.1 Å². The third-order valence-corrected chi connectivity index (χ3v) is 6.04. The second-order valence-electron chi connectivity index (χ2n) is 7.35. The summed E-state index contributed by atoms with van der Waals surface area (Å²) in [5, 5.41) is 0. The highest BCUT2D eigenvalue weighted by atomic mass is 16.5. The van der Waals surface area contributed by atoms with Gasteiger partial charge in [-0.15, -0.1) is 0 Å². The van der Waals surface area contributed by atoms with Crippen LogP contribution < -0.4 is 0 Å². The van der Waals surface area contributed by atoms with Gasteiger partial charge in [0.05, 0.1) is 6.61 Å². The van der Waals surface area contributed by atoms with E-state index in [1.807, 2.05) is 0 Å². The Labute approximate surface area is 118 Å². The van der Waals surface area contributed by atoms with Crippen molar-refractivity contribution in [1.82, 2.24) is 0 Å². The molecule has 2 heteroatoms. The molecule has 2 fully saturated rings. The van der Waals surface area contributed by atoms with E-state index in [9.17, 15) is 4.79 Å². The Bertz CT molecular complexity index is 321. The highest BCUT2D eigenvalue weighted by Crippen LogP contribution is 2.60.